The first-order chi connectivity index (χ1) is 12.0. The van der Waals surface area contributed by atoms with E-state index in [-0.39, 0.29) is 18.2 Å². The molecule has 1 aromatic rings. The summed E-state index contributed by atoms with van der Waals surface area (Å²) < 4.78 is 0. The van der Waals surface area contributed by atoms with Crippen LogP contribution in [0.15, 0.2) is 16.8 Å². The molecule has 25 heavy (non-hydrogen) atoms. The minimum absolute atomic E-state index is 0.189. The van der Waals surface area contributed by atoms with Gasteiger partial charge in [-0.15, -0.1) is 0 Å². The summed E-state index contributed by atoms with van der Waals surface area (Å²) in [6.45, 7) is 2.59. The molecule has 0 radical (unpaired) electrons. The molecule has 0 spiro atoms. The normalized spacial score (nSPS) is 11.7. The largest absolute Gasteiger partial charge is 0.370 e. The predicted molar refractivity (Wildman–Crippen MR) is 100 cm³/mol. The summed E-state index contributed by atoms with van der Waals surface area (Å²) >= 11 is 1.60. The van der Waals surface area contributed by atoms with Gasteiger partial charge in [0, 0.05) is 13.0 Å². The topological polar surface area (TPSA) is 101 Å². The number of hydrogen-bond donors (Lipinski definition) is 3. The van der Waals surface area contributed by atoms with Gasteiger partial charge in [-0.05, 0) is 35.2 Å². The second kappa shape index (κ2) is 12.5. The van der Waals surface area contributed by atoms with Crippen molar-refractivity contribution in [1.82, 2.24) is 10.6 Å². The van der Waals surface area contributed by atoms with Gasteiger partial charge < -0.3 is 16.4 Å². The second-order valence-corrected chi connectivity index (χ2v) is 6.91. The fourth-order valence-corrected chi connectivity index (χ4v) is 3.16. The van der Waals surface area contributed by atoms with Crippen molar-refractivity contribution in [2.24, 2.45) is 5.73 Å². The maximum Gasteiger partial charge on any atom is 0.243 e. The van der Waals surface area contributed by atoms with Crippen molar-refractivity contribution < 1.29 is 14.4 Å². The Morgan fingerprint density at radius 1 is 1.20 bits per heavy atom. The van der Waals surface area contributed by atoms with Gasteiger partial charge in [-0.3, -0.25) is 14.4 Å². The molecule has 0 saturated heterocycles. The third-order valence-corrected chi connectivity index (χ3v) is 4.59. The lowest BCUT2D eigenvalue weighted by Gasteiger charge is -2.17. The highest BCUT2D eigenvalue weighted by atomic mass is 32.1. The quantitative estimate of drug-likeness (QED) is 0.465. The van der Waals surface area contributed by atoms with Crippen molar-refractivity contribution in [1.29, 1.82) is 0 Å². The lowest BCUT2D eigenvalue weighted by Crippen LogP contribution is -2.48. The third-order valence-electron chi connectivity index (χ3n) is 3.86. The molecule has 6 nitrogen and oxygen atoms in total. The zero-order valence-corrected chi connectivity index (χ0v) is 15.7. The summed E-state index contributed by atoms with van der Waals surface area (Å²) in [4.78, 5) is 35.4. The van der Waals surface area contributed by atoms with E-state index in [0.29, 0.717) is 19.4 Å². The van der Waals surface area contributed by atoms with Gasteiger partial charge in [-0.25, -0.2) is 0 Å². The van der Waals surface area contributed by atoms with Gasteiger partial charge >= 0.3 is 0 Å². The molecule has 0 bridgehead atoms. The second-order valence-electron chi connectivity index (χ2n) is 6.13. The van der Waals surface area contributed by atoms with Crippen LogP contribution in [0.1, 0.15) is 57.4 Å². The van der Waals surface area contributed by atoms with Gasteiger partial charge in [0.15, 0.2) is 0 Å². The molecule has 0 aliphatic heterocycles. The highest BCUT2D eigenvalue weighted by molar-refractivity contribution is 7.07. The smallest absolute Gasteiger partial charge is 0.243 e. The first kappa shape index (κ1) is 21.2. The fourth-order valence-electron chi connectivity index (χ4n) is 2.45. The molecule has 0 saturated carbocycles. The standard InChI is InChI=1S/C18H29N3O3S/c1-2-3-4-5-6-7-17(23)21-15(12-16(19)22)18(24)20-10-8-14-9-11-25-13-14/h9,11,13,15H,2-8,10,12H2,1H3,(H2,19,22)(H,20,24)(H,21,23)/t15-/m1/s1. The van der Waals surface area contributed by atoms with Crippen LogP contribution >= 0.6 is 11.3 Å². The summed E-state index contributed by atoms with van der Waals surface area (Å²) in [5, 5.41) is 9.39. The van der Waals surface area contributed by atoms with Crippen molar-refractivity contribution in [3.63, 3.8) is 0 Å². The first-order valence-corrected chi connectivity index (χ1v) is 9.83. The Morgan fingerprint density at radius 3 is 2.60 bits per heavy atom. The van der Waals surface area contributed by atoms with Crippen molar-refractivity contribution in [2.75, 3.05) is 6.54 Å². The number of unbranched alkanes of at least 4 members (excludes halogenated alkanes) is 4. The Hall–Kier alpha value is -1.89. The average molecular weight is 368 g/mol. The van der Waals surface area contributed by atoms with E-state index in [1.807, 2.05) is 16.8 Å². The summed E-state index contributed by atoms with van der Waals surface area (Å²) in [5.74, 6) is -1.19. The van der Waals surface area contributed by atoms with Gasteiger partial charge in [-0.2, -0.15) is 11.3 Å². The minimum Gasteiger partial charge on any atom is -0.370 e. The molecule has 1 heterocycles. The highest BCUT2D eigenvalue weighted by Gasteiger charge is 2.22. The number of carbonyl (C=O) groups excluding carboxylic acids is 3. The van der Waals surface area contributed by atoms with E-state index in [0.717, 1.165) is 31.2 Å². The average Bonchev–Trinajstić information content (AvgIpc) is 3.07. The minimum atomic E-state index is -0.900. The van der Waals surface area contributed by atoms with E-state index in [9.17, 15) is 14.4 Å². The monoisotopic (exact) mass is 367 g/mol. The van der Waals surface area contributed by atoms with Gasteiger partial charge in [0.05, 0.1) is 6.42 Å². The molecule has 0 unspecified atom stereocenters. The molecule has 0 aliphatic rings. The Balaban J connectivity index is 2.36. The lowest BCUT2D eigenvalue weighted by molar-refractivity contribution is -0.131. The third kappa shape index (κ3) is 9.86. The van der Waals surface area contributed by atoms with Crippen LogP contribution in [-0.2, 0) is 20.8 Å². The number of rotatable bonds is 13. The van der Waals surface area contributed by atoms with Crippen LogP contribution in [0.2, 0.25) is 0 Å². The summed E-state index contributed by atoms with van der Waals surface area (Å²) in [5.41, 5.74) is 6.35. The van der Waals surface area contributed by atoms with E-state index >= 15 is 0 Å². The molecule has 0 fully saturated rings. The van der Waals surface area contributed by atoms with Crippen molar-refractivity contribution in [3.8, 4) is 0 Å². The van der Waals surface area contributed by atoms with E-state index in [1.165, 1.54) is 6.42 Å². The van der Waals surface area contributed by atoms with E-state index in [1.54, 1.807) is 11.3 Å². The number of nitrogens with two attached hydrogens (primary N) is 1. The van der Waals surface area contributed by atoms with Crippen molar-refractivity contribution in [3.05, 3.63) is 22.4 Å². The Labute approximate surface area is 153 Å². The first-order valence-electron chi connectivity index (χ1n) is 8.89. The van der Waals surface area contributed by atoms with E-state index < -0.39 is 11.9 Å². The van der Waals surface area contributed by atoms with E-state index in [2.05, 4.69) is 17.6 Å². The molecule has 1 atom stereocenters. The molecule has 0 aliphatic carbocycles. The van der Waals surface area contributed by atoms with Crippen LogP contribution in [0.3, 0.4) is 0 Å². The van der Waals surface area contributed by atoms with E-state index in [4.69, 9.17) is 5.73 Å². The van der Waals surface area contributed by atoms with Crippen molar-refractivity contribution >= 4 is 29.1 Å². The Kier molecular flexibility index (Phi) is 10.6. The van der Waals surface area contributed by atoms with Crippen LogP contribution in [0.25, 0.3) is 0 Å². The van der Waals surface area contributed by atoms with Gasteiger partial charge in [0.25, 0.3) is 0 Å². The molecule has 0 aromatic carbocycles. The van der Waals surface area contributed by atoms with Crippen LogP contribution in [0.4, 0.5) is 0 Å². The van der Waals surface area contributed by atoms with Crippen LogP contribution in [0, 0.1) is 0 Å². The van der Waals surface area contributed by atoms with Gasteiger partial charge in [-0.1, -0.05) is 32.6 Å². The number of hydrogen-bond acceptors (Lipinski definition) is 4. The maximum atomic E-state index is 12.2. The summed E-state index contributed by atoms with van der Waals surface area (Å²) in [7, 11) is 0. The molecular weight excluding hydrogens is 338 g/mol. The summed E-state index contributed by atoms with van der Waals surface area (Å²) in [6.07, 6.45) is 6.09. The Bertz CT molecular complexity index is 532. The molecule has 4 N–H and O–H groups in total. The molecule has 1 aromatic heterocycles. The summed E-state index contributed by atoms with van der Waals surface area (Å²) in [6, 6.07) is 1.10. The number of thiophene rings is 1. The number of amides is 3. The van der Waals surface area contributed by atoms with Crippen molar-refractivity contribution in [2.45, 2.75) is 64.3 Å². The lowest BCUT2D eigenvalue weighted by atomic mass is 10.1. The zero-order valence-electron chi connectivity index (χ0n) is 14.9. The van der Waals surface area contributed by atoms with Crippen LogP contribution in [0.5, 0.6) is 0 Å². The molecule has 1 rings (SSSR count). The SMILES string of the molecule is CCCCCCCC(=O)N[C@H](CC(N)=O)C(=O)NCCc1ccsc1. The number of nitrogens with one attached hydrogen (secondary N) is 2. The van der Waals surface area contributed by atoms with Gasteiger partial charge in [0.1, 0.15) is 6.04 Å². The molecule has 3 amide bonds. The number of carbonyl (C=O) groups is 3. The molecular formula is C18H29N3O3S. The number of primary amides is 1. The zero-order chi connectivity index (χ0) is 18.5. The predicted octanol–water partition coefficient (Wildman–Crippen LogP) is 2.13. The molecule has 7 heteroatoms. The van der Waals surface area contributed by atoms with Crippen LogP contribution < -0.4 is 16.4 Å². The highest BCUT2D eigenvalue weighted by Crippen LogP contribution is 2.07. The maximum absolute atomic E-state index is 12.2. The van der Waals surface area contributed by atoms with Gasteiger partial charge in [0.2, 0.25) is 17.7 Å². The fraction of sp³-hybridized carbons (Fsp3) is 0.611. The Morgan fingerprint density at radius 2 is 1.96 bits per heavy atom. The van der Waals surface area contributed by atoms with Crippen LogP contribution in [-0.4, -0.2) is 30.3 Å². The molecule has 140 valence electrons.